The first-order chi connectivity index (χ1) is 13.0. The highest BCUT2D eigenvalue weighted by Gasteiger charge is 2.27. The van der Waals surface area contributed by atoms with Crippen molar-refractivity contribution in [2.24, 2.45) is 0 Å². The van der Waals surface area contributed by atoms with E-state index in [9.17, 15) is 14.4 Å². The van der Waals surface area contributed by atoms with E-state index in [1.807, 2.05) is 50.2 Å². The number of imide groups is 1. The average molecular weight is 366 g/mol. The standard InChI is InChI=1S/C20H22N4O3/c1-14-12-16(15(2)24(14)17-6-4-3-5-7-17)8-9-18(25)21-10-11-23-19(26)13-22-20(23)27/h3-9,12H,10-11,13H2,1-2H3,(H,21,25)(H,22,27)/b9-8+. The van der Waals surface area contributed by atoms with Gasteiger partial charge in [-0.2, -0.15) is 0 Å². The number of para-hydroxylation sites is 1. The normalized spacial score (nSPS) is 14.1. The number of carbonyl (C=O) groups is 3. The van der Waals surface area contributed by atoms with Gasteiger partial charge in [-0.15, -0.1) is 0 Å². The van der Waals surface area contributed by atoms with E-state index in [2.05, 4.69) is 15.2 Å². The van der Waals surface area contributed by atoms with Crippen LogP contribution in [-0.4, -0.2) is 46.9 Å². The Bertz CT molecular complexity index is 883. The number of carbonyl (C=O) groups excluding carboxylic acids is 3. The molecule has 7 nitrogen and oxygen atoms in total. The fraction of sp³-hybridized carbons (Fsp3) is 0.250. The molecule has 1 saturated heterocycles. The lowest BCUT2D eigenvalue weighted by Gasteiger charge is -2.11. The first-order valence-corrected chi connectivity index (χ1v) is 8.76. The van der Waals surface area contributed by atoms with Gasteiger partial charge >= 0.3 is 6.03 Å². The second kappa shape index (κ2) is 7.90. The highest BCUT2D eigenvalue weighted by atomic mass is 16.2. The Morgan fingerprint density at radius 1 is 1.22 bits per heavy atom. The lowest BCUT2D eigenvalue weighted by molar-refractivity contribution is -0.125. The van der Waals surface area contributed by atoms with Crippen LogP contribution < -0.4 is 10.6 Å². The number of hydrogen-bond donors (Lipinski definition) is 2. The average Bonchev–Trinajstić information content (AvgIpc) is 3.13. The van der Waals surface area contributed by atoms with Crippen molar-refractivity contribution in [3.63, 3.8) is 0 Å². The number of nitrogens with one attached hydrogen (secondary N) is 2. The summed E-state index contributed by atoms with van der Waals surface area (Å²) in [5, 5.41) is 5.13. The Labute approximate surface area is 157 Å². The van der Waals surface area contributed by atoms with Crippen molar-refractivity contribution in [3.8, 4) is 5.69 Å². The Balaban J connectivity index is 1.60. The van der Waals surface area contributed by atoms with Crippen LogP contribution in [0.4, 0.5) is 4.79 Å². The molecule has 1 fully saturated rings. The Kier molecular flexibility index (Phi) is 5.40. The minimum absolute atomic E-state index is 0.0176. The molecule has 3 rings (SSSR count). The molecule has 2 aromatic rings. The summed E-state index contributed by atoms with van der Waals surface area (Å²) >= 11 is 0. The smallest absolute Gasteiger partial charge is 0.324 e. The molecule has 0 unspecified atom stereocenters. The predicted molar refractivity (Wildman–Crippen MR) is 102 cm³/mol. The van der Waals surface area contributed by atoms with Crippen molar-refractivity contribution >= 4 is 23.9 Å². The number of nitrogens with zero attached hydrogens (tertiary/aromatic N) is 2. The topological polar surface area (TPSA) is 83.4 Å². The molecular formula is C20H22N4O3. The quantitative estimate of drug-likeness (QED) is 0.604. The van der Waals surface area contributed by atoms with E-state index in [1.165, 1.54) is 6.08 Å². The molecule has 2 heterocycles. The minimum atomic E-state index is -0.418. The monoisotopic (exact) mass is 366 g/mol. The summed E-state index contributed by atoms with van der Waals surface area (Å²) in [6, 6.07) is 11.6. The molecule has 2 N–H and O–H groups in total. The van der Waals surface area contributed by atoms with Gasteiger partial charge in [0.25, 0.3) is 0 Å². The van der Waals surface area contributed by atoms with E-state index in [1.54, 1.807) is 6.08 Å². The summed E-state index contributed by atoms with van der Waals surface area (Å²) in [5.74, 6) is -0.551. The first kappa shape index (κ1) is 18.4. The van der Waals surface area contributed by atoms with Gasteiger partial charge in [-0.05, 0) is 43.7 Å². The third-order valence-electron chi connectivity index (χ3n) is 4.47. The second-order valence-electron chi connectivity index (χ2n) is 6.33. The van der Waals surface area contributed by atoms with E-state index in [4.69, 9.17) is 0 Å². The fourth-order valence-electron chi connectivity index (χ4n) is 3.13. The van der Waals surface area contributed by atoms with E-state index in [0.29, 0.717) is 0 Å². The lowest BCUT2D eigenvalue weighted by atomic mass is 10.2. The van der Waals surface area contributed by atoms with Crippen LogP contribution in [0.2, 0.25) is 0 Å². The number of aromatic nitrogens is 1. The molecule has 1 aliphatic heterocycles. The van der Waals surface area contributed by atoms with Crippen LogP contribution in [0.25, 0.3) is 11.8 Å². The number of rotatable bonds is 6. The molecule has 0 atom stereocenters. The van der Waals surface area contributed by atoms with Gasteiger partial charge in [-0.3, -0.25) is 14.5 Å². The third-order valence-corrected chi connectivity index (χ3v) is 4.47. The van der Waals surface area contributed by atoms with Gasteiger partial charge in [0.05, 0.1) is 6.54 Å². The fourth-order valence-corrected chi connectivity index (χ4v) is 3.13. The molecule has 0 spiro atoms. The molecular weight excluding hydrogens is 344 g/mol. The van der Waals surface area contributed by atoms with Crippen LogP contribution in [0.1, 0.15) is 17.0 Å². The van der Waals surface area contributed by atoms with Crippen LogP contribution in [0.3, 0.4) is 0 Å². The van der Waals surface area contributed by atoms with Crippen LogP contribution in [-0.2, 0) is 9.59 Å². The van der Waals surface area contributed by atoms with E-state index >= 15 is 0 Å². The largest absolute Gasteiger partial charge is 0.351 e. The lowest BCUT2D eigenvalue weighted by Crippen LogP contribution is -2.38. The van der Waals surface area contributed by atoms with Crippen LogP contribution in [0, 0.1) is 13.8 Å². The second-order valence-corrected chi connectivity index (χ2v) is 6.33. The van der Waals surface area contributed by atoms with Crippen LogP contribution >= 0.6 is 0 Å². The maximum absolute atomic E-state index is 12.0. The van der Waals surface area contributed by atoms with Crippen LogP contribution in [0.15, 0.2) is 42.5 Å². The highest BCUT2D eigenvalue weighted by molar-refractivity contribution is 6.02. The third kappa shape index (κ3) is 4.08. The van der Waals surface area contributed by atoms with Crippen molar-refractivity contribution in [1.29, 1.82) is 0 Å². The Hall–Kier alpha value is -3.35. The zero-order valence-corrected chi connectivity index (χ0v) is 15.4. The summed E-state index contributed by atoms with van der Waals surface area (Å²) in [7, 11) is 0. The van der Waals surface area contributed by atoms with E-state index < -0.39 is 6.03 Å². The summed E-state index contributed by atoms with van der Waals surface area (Å²) < 4.78 is 2.13. The number of hydrogen-bond acceptors (Lipinski definition) is 3. The molecule has 4 amide bonds. The molecule has 1 aromatic carbocycles. The van der Waals surface area contributed by atoms with Crippen molar-refractivity contribution in [1.82, 2.24) is 20.1 Å². The number of benzene rings is 1. The Morgan fingerprint density at radius 3 is 2.63 bits per heavy atom. The van der Waals surface area contributed by atoms with Crippen LogP contribution in [0.5, 0.6) is 0 Å². The molecule has 0 bridgehead atoms. The summed E-state index contributed by atoms with van der Waals surface area (Å²) in [5.41, 5.74) is 4.16. The summed E-state index contributed by atoms with van der Waals surface area (Å²) in [6.45, 7) is 4.42. The molecule has 1 aliphatic rings. The number of urea groups is 1. The maximum atomic E-state index is 12.0. The molecule has 7 heteroatoms. The van der Waals surface area contributed by atoms with Crippen molar-refractivity contribution in [2.45, 2.75) is 13.8 Å². The summed E-state index contributed by atoms with van der Waals surface area (Å²) in [4.78, 5) is 36.0. The van der Waals surface area contributed by atoms with Crippen molar-refractivity contribution in [3.05, 3.63) is 59.4 Å². The van der Waals surface area contributed by atoms with Gasteiger partial charge in [-0.1, -0.05) is 18.2 Å². The molecule has 140 valence electrons. The number of aryl methyl sites for hydroxylation is 1. The minimum Gasteiger partial charge on any atom is -0.351 e. The zero-order valence-electron chi connectivity index (χ0n) is 15.4. The molecule has 1 aromatic heterocycles. The number of amides is 4. The van der Waals surface area contributed by atoms with Gasteiger partial charge in [0, 0.05) is 36.2 Å². The van der Waals surface area contributed by atoms with Gasteiger partial charge in [0.1, 0.15) is 0 Å². The molecule has 0 radical (unpaired) electrons. The highest BCUT2D eigenvalue weighted by Crippen LogP contribution is 2.21. The van der Waals surface area contributed by atoms with Gasteiger partial charge in [0.2, 0.25) is 11.8 Å². The zero-order chi connectivity index (χ0) is 19.4. The Morgan fingerprint density at radius 2 is 1.96 bits per heavy atom. The van der Waals surface area contributed by atoms with Crippen molar-refractivity contribution in [2.75, 3.05) is 19.6 Å². The van der Waals surface area contributed by atoms with Gasteiger partial charge in [-0.25, -0.2) is 4.79 Å². The van der Waals surface area contributed by atoms with Gasteiger partial charge < -0.3 is 15.2 Å². The summed E-state index contributed by atoms with van der Waals surface area (Å²) in [6.07, 6.45) is 3.23. The molecule has 0 aliphatic carbocycles. The van der Waals surface area contributed by atoms with E-state index in [-0.39, 0.29) is 31.4 Å². The van der Waals surface area contributed by atoms with Gasteiger partial charge in [0.15, 0.2) is 0 Å². The predicted octanol–water partition coefficient (Wildman–Crippen LogP) is 1.78. The first-order valence-electron chi connectivity index (χ1n) is 8.76. The van der Waals surface area contributed by atoms with Crippen molar-refractivity contribution < 1.29 is 14.4 Å². The molecule has 0 saturated carbocycles. The van der Waals surface area contributed by atoms with E-state index in [0.717, 1.165) is 27.5 Å². The molecule has 27 heavy (non-hydrogen) atoms. The SMILES string of the molecule is Cc1cc(/C=C/C(=O)NCCN2C(=O)CNC2=O)c(C)n1-c1ccccc1. The maximum Gasteiger partial charge on any atom is 0.324 e.